The highest BCUT2D eigenvalue weighted by molar-refractivity contribution is 5.96. The standard InChI is InChI=1S/C15H15N3O3/c1-9-7-11(9)16-14(19)13-8-12(15(20)21)17-18(13)10-5-3-2-4-6-10/h2-6,8-9,11H,7H2,1H3,(H,16,19)(H,20,21). The lowest BCUT2D eigenvalue weighted by molar-refractivity contribution is 0.0689. The van der Waals surface area contributed by atoms with Crippen LogP contribution in [0, 0.1) is 5.92 Å². The lowest BCUT2D eigenvalue weighted by Gasteiger charge is -2.07. The smallest absolute Gasteiger partial charge is 0.356 e. The second kappa shape index (κ2) is 5.05. The van der Waals surface area contributed by atoms with E-state index < -0.39 is 5.97 Å². The number of hydrogen-bond acceptors (Lipinski definition) is 3. The summed E-state index contributed by atoms with van der Waals surface area (Å²) in [5.41, 5.74) is 0.740. The number of para-hydroxylation sites is 1. The normalized spacial score (nSPS) is 20.0. The monoisotopic (exact) mass is 285 g/mol. The van der Waals surface area contributed by atoms with Crippen LogP contribution in [0.1, 0.15) is 34.3 Å². The molecule has 1 heterocycles. The number of aromatic carboxylic acids is 1. The molecule has 6 nitrogen and oxygen atoms in total. The Hall–Kier alpha value is -2.63. The maximum atomic E-state index is 12.3. The fourth-order valence-corrected chi connectivity index (χ4v) is 2.18. The van der Waals surface area contributed by atoms with Crippen LogP contribution in [0.25, 0.3) is 5.69 Å². The molecule has 1 aromatic heterocycles. The number of nitrogens with zero attached hydrogens (tertiary/aromatic N) is 2. The van der Waals surface area contributed by atoms with Gasteiger partial charge in [-0.05, 0) is 24.5 Å². The molecule has 1 aromatic carbocycles. The molecule has 6 heteroatoms. The van der Waals surface area contributed by atoms with Gasteiger partial charge in [-0.3, -0.25) is 4.79 Å². The zero-order chi connectivity index (χ0) is 15.0. The van der Waals surface area contributed by atoms with Crippen LogP contribution in [-0.2, 0) is 0 Å². The average molecular weight is 285 g/mol. The quantitative estimate of drug-likeness (QED) is 0.895. The van der Waals surface area contributed by atoms with E-state index in [0.717, 1.165) is 6.42 Å². The molecule has 1 amide bonds. The molecule has 108 valence electrons. The van der Waals surface area contributed by atoms with Gasteiger partial charge < -0.3 is 10.4 Å². The first-order valence-electron chi connectivity index (χ1n) is 6.76. The molecule has 21 heavy (non-hydrogen) atoms. The van der Waals surface area contributed by atoms with E-state index in [1.165, 1.54) is 10.7 Å². The van der Waals surface area contributed by atoms with Crippen molar-refractivity contribution in [3.8, 4) is 5.69 Å². The Labute approximate surface area is 121 Å². The molecule has 3 rings (SSSR count). The molecule has 0 spiro atoms. The zero-order valence-corrected chi connectivity index (χ0v) is 11.5. The maximum Gasteiger partial charge on any atom is 0.356 e. The molecule has 0 bridgehead atoms. The second-order valence-corrected chi connectivity index (χ2v) is 5.26. The van der Waals surface area contributed by atoms with Crippen molar-refractivity contribution in [1.82, 2.24) is 15.1 Å². The van der Waals surface area contributed by atoms with Crippen molar-refractivity contribution >= 4 is 11.9 Å². The van der Waals surface area contributed by atoms with Crippen LogP contribution in [0.4, 0.5) is 0 Å². The van der Waals surface area contributed by atoms with E-state index in [-0.39, 0.29) is 23.3 Å². The number of aromatic nitrogens is 2. The van der Waals surface area contributed by atoms with Gasteiger partial charge in [-0.1, -0.05) is 25.1 Å². The average Bonchev–Trinajstić information content (AvgIpc) is 3.00. The van der Waals surface area contributed by atoms with Crippen LogP contribution in [0.15, 0.2) is 36.4 Å². The highest BCUT2D eigenvalue weighted by Crippen LogP contribution is 2.29. The highest BCUT2D eigenvalue weighted by atomic mass is 16.4. The first-order chi connectivity index (χ1) is 10.1. The Balaban J connectivity index is 1.97. The molecule has 1 aliphatic carbocycles. The zero-order valence-electron chi connectivity index (χ0n) is 11.5. The Bertz CT molecular complexity index is 693. The molecule has 2 aromatic rings. The largest absolute Gasteiger partial charge is 0.476 e. The third-order valence-electron chi connectivity index (χ3n) is 3.59. The minimum absolute atomic E-state index is 0.146. The number of benzene rings is 1. The number of carboxylic acid groups (broad SMARTS) is 1. The van der Waals surface area contributed by atoms with E-state index in [4.69, 9.17) is 5.11 Å². The summed E-state index contributed by atoms with van der Waals surface area (Å²) in [6, 6.07) is 10.5. The van der Waals surface area contributed by atoms with Crippen molar-refractivity contribution in [2.24, 2.45) is 5.92 Å². The topological polar surface area (TPSA) is 84.2 Å². The number of nitrogens with one attached hydrogen (secondary N) is 1. The Morgan fingerprint density at radius 3 is 2.57 bits per heavy atom. The van der Waals surface area contributed by atoms with Crippen LogP contribution in [0.3, 0.4) is 0 Å². The summed E-state index contributed by atoms with van der Waals surface area (Å²) in [4.78, 5) is 23.4. The van der Waals surface area contributed by atoms with E-state index in [2.05, 4.69) is 17.3 Å². The molecule has 0 aliphatic heterocycles. The molecule has 2 N–H and O–H groups in total. The van der Waals surface area contributed by atoms with Gasteiger partial charge in [-0.2, -0.15) is 5.10 Å². The number of amides is 1. The Morgan fingerprint density at radius 2 is 2.00 bits per heavy atom. The minimum atomic E-state index is -1.15. The van der Waals surface area contributed by atoms with E-state index >= 15 is 0 Å². The van der Waals surface area contributed by atoms with Crippen molar-refractivity contribution in [3.05, 3.63) is 47.8 Å². The summed E-state index contributed by atoms with van der Waals surface area (Å²) in [6.07, 6.45) is 0.955. The van der Waals surface area contributed by atoms with Gasteiger partial charge in [0, 0.05) is 12.1 Å². The number of carbonyl (C=O) groups excluding carboxylic acids is 1. The predicted octanol–water partition coefficient (Wildman–Crippen LogP) is 1.71. The molecule has 2 atom stereocenters. The van der Waals surface area contributed by atoms with Crippen molar-refractivity contribution in [1.29, 1.82) is 0 Å². The molecule has 0 saturated heterocycles. The van der Waals surface area contributed by atoms with E-state index in [0.29, 0.717) is 11.6 Å². The summed E-state index contributed by atoms with van der Waals surface area (Å²) in [6.45, 7) is 2.06. The maximum absolute atomic E-state index is 12.3. The minimum Gasteiger partial charge on any atom is -0.476 e. The third kappa shape index (κ3) is 2.65. The number of carbonyl (C=O) groups is 2. The van der Waals surface area contributed by atoms with Crippen LogP contribution >= 0.6 is 0 Å². The van der Waals surface area contributed by atoms with Gasteiger partial charge in [0.25, 0.3) is 5.91 Å². The summed E-state index contributed by atoms with van der Waals surface area (Å²) in [5, 5.41) is 16.0. The fraction of sp³-hybridized carbons (Fsp3) is 0.267. The Morgan fingerprint density at radius 1 is 1.33 bits per heavy atom. The highest BCUT2D eigenvalue weighted by Gasteiger charge is 2.35. The van der Waals surface area contributed by atoms with Crippen LogP contribution in [0.5, 0.6) is 0 Å². The second-order valence-electron chi connectivity index (χ2n) is 5.26. The van der Waals surface area contributed by atoms with Crippen molar-refractivity contribution in [2.75, 3.05) is 0 Å². The van der Waals surface area contributed by atoms with E-state index in [1.807, 2.05) is 18.2 Å². The molecule has 0 radical (unpaired) electrons. The fourth-order valence-electron chi connectivity index (χ4n) is 2.18. The SMILES string of the molecule is CC1CC1NC(=O)c1cc(C(=O)O)nn1-c1ccccc1. The van der Waals surface area contributed by atoms with E-state index in [1.54, 1.807) is 12.1 Å². The van der Waals surface area contributed by atoms with Crippen LogP contribution < -0.4 is 5.32 Å². The summed E-state index contributed by atoms with van der Waals surface area (Å²) >= 11 is 0. The first kappa shape index (κ1) is 13.4. The molecule has 1 fully saturated rings. The van der Waals surface area contributed by atoms with Crippen LogP contribution in [0.2, 0.25) is 0 Å². The summed E-state index contributed by atoms with van der Waals surface area (Å²) in [7, 11) is 0. The van der Waals surface area contributed by atoms with Gasteiger partial charge in [0.05, 0.1) is 5.69 Å². The summed E-state index contributed by atoms with van der Waals surface area (Å²) in [5.74, 6) is -0.979. The molecule has 1 saturated carbocycles. The predicted molar refractivity (Wildman–Crippen MR) is 75.6 cm³/mol. The number of rotatable bonds is 4. The first-order valence-corrected chi connectivity index (χ1v) is 6.76. The van der Waals surface area contributed by atoms with Crippen molar-refractivity contribution in [2.45, 2.75) is 19.4 Å². The molecular formula is C15H15N3O3. The van der Waals surface area contributed by atoms with Gasteiger partial charge in [0.15, 0.2) is 5.69 Å². The van der Waals surface area contributed by atoms with Gasteiger partial charge in [-0.15, -0.1) is 0 Å². The van der Waals surface area contributed by atoms with Gasteiger partial charge >= 0.3 is 5.97 Å². The van der Waals surface area contributed by atoms with Gasteiger partial charge in [0.1, 0.15) is 5.69 Å². The molecule has 1 aliphatic rings. The third-order valence-corrected chi connectivity index (χ3v) is 3.59. The van der Waals surface area contributed by atoms with Crippen molar-refractivity contribution in [3.63, 3.8) is 0 Å². The molecule has 2 unspecified atom stereocenters. The number of hydrogen-bond donors (Lipinski definition) is 2. The van der Waals surface area contributed by atoms with Gasteiger partial charge in [0.2, 0.25) is 0 Å². The van der Waals surface area contributed by atoms with Crippen LogP contribution in [-0.4, -0.2) is 32.8 Å². The summed E-state index contributed by atoms with van der Waals surface area (Å²) < 4.78 is 1.37. The Kier molecular flexibility index (Phi) is 3.21. The van der Waals surface area contributed by atoms with Gasteiger partial charge in [-0.25, -0.2) is 9.48 Å². The molecular weight excluding hydrogens is 270 g/mol. The number of carboxylic acids is 1. The van der Waals surface area contributed by atoms with E-state index in [9.17, 15) is 9.59 Å². The van der Waals surface area contributed by atoms with Crippen molar-refractivity contribution < 1.29 is 14.7 Å². The lowest BCUT2D eigenvalue weighted by Crippen LogP contribution is -2.28. The lowest BCUT2D eigenvalue weighted by atomic mass is 10.3.